The molecule has 0 atom stereocenters. The molecule has 1 aliphatic rings. The maximum atomic E-state index is 2.55. The van der Waals surface area contributed by atoms with Gasteiger partial charge in [-0.3, -0.25) is 0 Å². The van der Waals surface area contributed by atoms with Crippen LogP contribution in [0.15, 0.2) is 67.0 Å². The first-order valence-corrected chi connectivity index (χ1v) is 19.1. The summed E-state index contributed by atoms with van der Waals surface area (Å²) in [6.07, 6.45) is 34.2. The van der Waals surface area contributed by atoms with E-state index < -0.39 is 0 Å². The molecule has 0 saturated carbocycles. The number of allylic oxidation sites excluding steroid dienone is 1. The van der Waals surface area contributed by atoms with E-state index in [2.05, 4.69) is 115 Å². The van der Waals surface area contributed by atoms with Gasteiger partial charge in [-0.05, 0) is 78.5 Å². The van der Waals surface area contributed by atoms with Gasteiger partial charge >= 0.3 is 0 Å². The molecule has 0 bridgehead atoms. The lowest BCUT2D eigenvalue weighted by Crippen LogP contribution is -2.34. The zero-order valence-electron chi connectivity index (χ0n) is 29.6. The van der Waals surface area contributed by atoms with Gasteiger partial charge in [-0.15, -0.1) is 0 Å². The van der Waals surface area contributed by atoms with Gasteiger partial charge in [0.05, 0.1) is 0 Å². The molecule has 1 heterocycles. The van der Waals surface area contributed by atoms with Crippen LogP contribution in [0, 0.1) is 0 Å². The van der Waals surface area contributed by atoms with Gasteiger partial charge in [0.2, 0.25) is 0 Å². The minimum atomic E-state index is 1.15. The Labute approximate surface area is 282 Å². The standard InChI is InChI=1S/C44H63N2/c1-4-7-10-11-12-13-14-15-16-17-32-45-35-31-44-41(19-18-20-42(44)37-45)36-40-25-23-38(24-26-40)21-22-39-27-29-43(30-28-39)46(33-8-5-2)34-9-6-3/h21-31,35-37H,4-20,32-34H2,1-3H3/q+1. The summed E-state index contributed by atoms with van der Waals surface area (Å²) in [5, 5.41) is 0. The third-order valence-electron chi connectivity index (χ3n) is 9.68. The fourth-order valence-electron chi connectivity index (χ4n) is 6.74. The van der Waals surface area contributed by atoms with Crippen molar-refractivity contribution in [3.05, 3.63) is 94.8 Å². The summed E-state index contributed by atoms with van der Waals surface area (Å²) < 4.78 is 2.44. The number of anilines is 1. The van der Waals surface area contributed by atoms with E-state index in [1.165, 1.54) is 148 Å². The molecule has 0 spiro atoms. The van der Waals surface area contributed by atoms with E-state index in [-0.39, 0.29) is 0 Å². The van der Waals surface area contributed by atoms with Gasteiger partial charge < -0.3 is 4.90 Å². The molecular formula is C44H63N2+. The van der Waals surface area contributed by atoms with Crippen LogP contribution >= 0.6 is 0 Å². The Morgan fingerprint density at radius 3 is 1.74 bits per heavy atom. The van der Waals surface area contributed by atoms with Crippen LogP contribution in [-0.4, -0.2) is 13.1 Å². The largest absolute Gasteiger partial charge is 0.372 e. The van der Waals surface area contributed by atoms with Gasteiger partial charge in [0.1, 0.15) is 6.54 Å². The Kier molecular flexibility index (Phi) is 16.2. The first kappa shape index (κ1) is 35.7. The van der Waals surface area contributed by atoms with E-state index in [0.717, 1.165) is 19.6 Å². The number of aryl methyl sites for hydroxylation is 2. The number of benzene rings is 2. The second-order valence-electron chi connectivity index (χ2n) is 13.6. The molecule has 2 heteroatoms. The molecule has 0 aliphatic heterocycles. The van der Waals surface area contributed by atoms with Crippen molar-refractivity contribution in [3.8, 4) is 0 Å². The summed E-state index contributed by atoms with van der Waals surface area (Å²) in [7, 11) is 0. The highest BCUT2D eigenvalue weighted by atomic mass is 15.1. The predicted molar refractivity (Wildman–Crippen MR) is 203 cm³/mol. The normalized spacial score (nSPS) is 13.8. The fraction of sp³-hybridized carbons (Fsp3) is 0.523. The Balaban J connectivity index is 1.27. The molecule has 0 fully saturated rings. The van der Waals surface area contributed by atoms with Crippen molar-refractivity contribution in [2.75, 3.05) is 18.0 Å². The molecule has 2 aromatic carbocycles. The summed E-state index contributed by atoms with van der Waals surface area (Å²) in [4.78, 5) is 2.55. The van der Waals surface area contributed by atoms with Crippen LogP contribution in [0.25, 0.3) is 23.8 Å². The summed E-state index contributed by atoms with van der Waals surface area (Å²) in [6, 6.07) is 20.5. The van der Waals surface area contributed by atoms with E-state index in [1.54, 1.807) is 0 Å². The number of nitrogens with zero attached hydrogens (tertiary/aromatic N) is 2. The number of aromatic nitrogens is 1. The summed E-state index contributed by atoms with van der Waals surface area (Å²) in [5.41, 5.74) is 9.62. The van der Waals surface area contributed by atoms with Gasteiger partial charge in [-0.25, -0.2) is 4.57 Å². The van der Waals surface area contributed by atoms with E-state index >= 15 is 0 Å². The van der Waals surface area contributed by atoms with E-state index in [0.29, 0.717) is 0 Å². The molecule has 0 amide bonds. The van der Waals surface area contributed by atoms with Gasteiger partial charge in [0.15, 0.2) is 12.4 Å². The van der Waals surface area contributed by atoms with Crippen LogP contribution < -0.4 is 9.47 Å². The number of hydrogen-bond acceptors (Lipinski definition) is 1. The first-order chi connectivity index (χ1) is 22.7. The smallest absolute Gasteiger partial charge is 0.172 e. The zero-order valence-corrected chi connectivity index (χ0v) is 29.6. The van der Waals surface area contributed by atoms with Crippen LogP contribution in [-0.2, 0) is 13.0 Å². The Hall–Kier alpha value is -3.13. The lowest BCUT2D eigenvalue weighted by Gasteiger charge is -2.24. The molecule has 3 aromatic rings. The Bertz CT molecular complexity index is 1310. The number of rotatable bonds is 21. The Morgan fingerprint density at radius 2 is 1.13 bits per heavy atom. The second kappa shape index (κ2) is 20.9. The Morgan fingerprint density at radius 1 is 0.587 bits per heavy atom. The van der Waals surface area contributed by atoms with Crippen LogP contribution in [0.1, 0.15) is 151 Å². The summed E-state index contributed by atoms with van der Waals surface area (Å²) in [5.74, 6) is 0. The van der Waals surface area contributed by atoms with Gasteiger partial charge in [0, 0.05) is 36.8 Å². The zero-order chi connectivity index (χ0) is 32.2. The number of hydrogen-bond donors (Lipinski definition) is 0. The summed E-state index contributed by atoms with van der Waals surface area (Å²) in [6.45, 7) is 10.3. The monoisotopic (exact) mass is 619 g/mol. The molecule has 1 aliphatic carbocycles. The van der Waals surface area contributed by atoms with Crippen molar-refractivity contribution in [2.24, 2.45) is 0 Å². The highest BCUT2D eigenvalue weighted by Gasteiger charge is 2.17. The van der Waals surface area contributed by atoms with E-state index in [9.17, 15) is 0 Å². The maximum absolute atomic E-state index is 2.55. The van der Waals surface area contributed by atoms with Crippen molar-refractivity contribution in [1.82, 2.24) is 0 Å². The molecule has 0 saturated heterocycles. The molecule has 4 rings (SSSR count). The van der Waals surface area contributed by atoms with Crippen molar-refractivity contribution in [1.29, 1.82) is 0 Å². The maximum Gasteiger partial charge on any atom is 0.172 e. The molecule has 0 unspecified atom stereocenters. The molecule has 0 N–H and O–H groups in total. The van der Waals surface area contributed by atoms with Crippen molar-refractivity contribution >= 4 is 29.5 Å². The van der Waals surface area contributed by atoms with E-state index in [4.69, 9.17) is 0 Å². The number of fused-ring (bicyclic) bond motifs is 1. The minimum Gasteiger partial charge on any atom is -0.372 e. The van der Waals surface area contributed by atoms with Crippen LogP contribution in [0.2, 0.25) is 0 Å². The van der Waals surface area contributed by atoms with Gasteiger partial charge in [0.25, 0.3) is 0 Å². The first-order valence-electron chi connectivity index (χ1n) is 19.1. The van der Waals surface area contributed by atoms with Crippen molar-refractivity contribution in [3.63, 3.8) is 0 Å². The lowest BCUT2D eigenvalue weighted by molar-refractivity contribution is -0.697. The molecule has 1 aromatic heterocycles. The van der Waals surface area contributed by atoms with Crippen molar-refractivity contribution in [2.45, 2.75) is 136 Å². The topological polar surface area (TPSA) is 7.12 Å². The lowest BCUT2D eigenvalue weighted by atomic mass is 9.87. The molecule has 46 heavy (non-hydrogen) atoms. The highest BCUT2D eigenvalue weighted by Crippen LogP contribution is 2.31. The molecular weight excluding hydrogens is 556 g/mol. The van der Waals surface area contributed by atoms with Crippen LogP contribution in [0.5, 0.6) is 0 Å². The molecule has 248 valence electrons. The highest BCUT2D eigenvalue weighted by molar-refractivity contribution is 5.83. The predicted octanol–water partition coefficient (Wildman–Crippen LogP) is 12.3. The van der Waals surface area contributed by atoms with E-state index in [1.807, 2.05) is 0 Å². The second-order valence-corrected chi connectivity index (χ2v) is 13.6. The average Bonchev–Trinajstić information content (AvgIpc) is 3.09. The van der Waals surface area contributed by atoms with Gasteiger partial charge in [-0.2, -0.15) is 0 Å². The number of pyridine rings is 1. The third-order valence-corrected chi connectivity index (χ3v) is 9.68. The van der Waals surface area contributed by atoms with Crippen LogP contribution in [0.3, 0.4) is 0 Å². The third kappa shape index (κ3) is 12.2. The average molecular weight is 620 g/mol. The molecule has 0 radical (unpaired) electrons. The molecule has 2 nitrogen and oxygen atoms in total. The SMILES string of the molecule is CCCCCCCCCCCC[n+]1ccc2c(c1)CCC/C2=C\c1ccc(/C=C/c2ccc(N(CCCC)CCCC)cc2)cc1. The quantitative estimate of drug-likeness (QED) is 0.0653. The number of unbranched alkanes of at least 4 members (excludes halogenated alkanes) is 11. The minimum absolute atomic E-state index is 1.15. The van der Waals surface area contributed by atoms with Crippen molar-refractivity contribution < 1.29 is 4.57 Å². The van der Waals surface area contributed by atoms with Crippen LogP contribution in [0.4, 0.5) is 5.69 Å². The fourth-order valence-corrected chi connectivity index (χ4v) is 6.74. The summed E-state index contributed by atoms with van der Waals surface area (Å²) >= 11 is 0. The van der Waals surface area contributed by atoms with Gasteiger partial charge in [-0.1, -0.05) is 140 Å².